The molecule has 1 N–H and O–H groups in total. The van der Waals surface area contributed by atoms with Gasteiger partial charge in [0, 0.05) is 33.9 Å². The van der Waals surface area contributed by atoms with Crippen molar-refractivity contribution < 1.29 is 14.6 Å². The minimum Gasteiger partial charge on any atom is -0.496 e. The van der Waals surface area contributed by atoms with Gasteiger partial charge in [-0.1, -0.05) is 11.6 Å². The average molecular weight is 438 g/mol. The number of carbonyl (C=O) groups is 1. The number of aromatic nitrogens is 2. The number of rotatable bonds is 4. The highest BCUT2D eigenvalue weighted by Crippen LogP contribution is 2.26. The molecule has 0 bridgehead atoms. The van der Waals surface area contributed by atoms with Gasteiger partial charge >= 0.3 is 0 Å². The van der Waals surface area contributed by atoms with Gasteiger partial charge in [0.25, 0.3) is 5.91 Å². The normalized spacial score (nSPS) is 13.6. The summed E-state index contributed by atoms with van der Waals surface area (Å²) in [5.74, 6) is -0.102. The molecule has 0 aliphatic heterocycles. The summed E-state index contributed by atoms with van der Waals surface area (Å²) in [4.78, 5) is 21.3. The number of thiazole rings is 1. The minimum atomic E-state index is -0.965. The monoisotopic (exact) mass is 437 g/mol. The Morgan fingerprint density at radius 2 is 2.14 bits per heavy atom. The second kappa shape index (κ2) is 8.16. The molecular weight excluding hydrogens is 418 g/mol. The Hall–Kier alpha value is -2.00. The van der Waals surface area contributed by atoms with Crippen molar-refractivity contribution in [3.05, 3.63) is 61.8 Å². The van der Waals surface area contributed by atoms with Gasteiger partial charge in [-0.25, -0.2) is 4.98 Å². The summed E-state index contributed by atoms with van der Waals surface area (Å²) < 4.78 is 7.64. The summed E-state index contributed by atoms with van der Waals surface area (Å²) in [6, 6.07) is 4.79. The van der Waals surface area contributed by atoms with Crippen molar-refractivity contribution in [3.8, 4) is 5.75 Å². The quantitative estimate of drug-likeness (QED) is 0.662. The van der Waals surface area contributed by atoms with Gasteiger partial charge in [0.15, 0.2) is 0 Å². The highest BCUT2D eigenvalue weighted by molar-refractivity contribution is 7.09. The maximum absolute atomic E-state index is 12.9. The molecule has 0 saturated heterocycles. The number of nitrogens with zero attached hydrogens (tertiary/aromatic N) is 3. The van der Waals surface area contributed by atoms with E-state index in [2.05, 4.69) is 9.98 Å². The van der Waals surface area contributed by atoms with Crippen molar-refractivity contribution >= 4 is 40.4 Å². The van der Waals surface area contributed by atoms with Gasteiger partial charge in [-0.05, 0) is 50.5 Å². The van der Waals surface area contributed by atoms with Gasteiger partial charge in [-0.15, -0.1) is 11.3 Å². The third kappa shape index (κ3) is 4.35. The number of ether oxygens (including phenoxy) is 1. The lowest BCUT2D eigenvalue weighted by Gasteiger charge is -2.19. The predicted octanol–water partition coefficient (Wildman–Crippen LogP) is 4.25. The first-order valence-electron chi connectivity index (χ1n) is 8.44. The van der Waals surface area contributed by atoms with Crippen LogP contribution in [0.1, 0.15) is 47.8 Å². The van der Waals surface area contributed by atoms with E-state index in [4.69, 9.17) is 16.3 Å². The average Bonchev–Trinajstić information content (AvgIpc) is 3.30. The lowest BCUT2D eigenvalue weighted by atomic mass is 10.1. The molecule has 0 aliphatic carbocycles. The van der Waals surface area contributed by atoms with Gasteiger partial charge in [-0.2, -0.15) is 4.99 Å². The Kier molecular flexibility index (Phi) is 6.04. The van der Waals surface area contributed by atoms with Crippen LogP contribution in [0.3, 0.4) is 0 Å². The van der Waals surface area contributed by atoms with Crippen LogP contribution in [0.15, 0.2) is 41.0 Å². The van der Waals surface area contributed by atoms with Crippen LogP contribution >= 0.6 is 34.5 Å². The Morgan fingerprint density at radius 1 is 1.39 bits per heavy atom. The molecule has 0 radical (unpaired) electrons. The zero-order chi connectivity index (χ0) is 20.5. The Morgan fingerprint density at radius 3 is 2.75 bits per heavy atom. The largest absolute Gasteiger partial charge is 0.496 e. The smallest absolute Gasteiger partial charge is 0.282 e. The number of halogens is 1. The number of amides is 1. The van der Waals surface area contributed by atoms with Crippen molar-refractivity contribution in [2.45, 2.75) is 32.4 Å². The Labute approximate surface area is 175 Å². The van der Waals surface area contributed by atoms with E-state index in [1.807, 2.05) is 30.9 Å². The number of methoxy groups -OCH3 is 1. The number of carbonyl (C=O) groups excluding carboxylic acids is 1. The van der Waals surface area contributed by atoms with E-state index in [0.29, 0.717) is 26.0 Å². The van der Waals surface area contributed by atoms with Crippen LogP contribution in [-0.4, -0.2) is 27.1 Å². The van der Waals surface area contributed by atoms with Gasteiger partial charge in [0.1, 0.15) is 21.5 Å². The summed E-state index contributed by atoms with van der Waals surface area (Å²) in [5, 5.41) is 13.5. The molecule has 2 aromatic heterocycles. The molecule has 0 saturated carbocycles. The number of benzene rings is 1. The van der Waals surface area contributed by atoms with Crippen LogP contribution in [-0.2, 0) is 5.54 Å². The topological polar surface area (TPSA) is 76.7 Å². The first kappa shape index (κ1) is 20.7. The van der Waals surface area contributed by atoms with Gasteiger partial charge in [0.05, 0.1) is 12.7 Å². The summed E-state index contributed by atoms with van der Waals surface area (Å²) in [6.45, 7) is 6.11. The lowest BCUT2D eigenvalue weighted by molar-refractivity contribution is 0.0995. The van der Waals surface area contributed by atoms with E-state index < -0.39 is 12.0 Å². The molecule has 3 aromatic rings. The number of hydrogen-bond donors (Lipinski definition) is 1. The predicted molar refractivity (Wildman–Crippen MR) is 111 cm³/mol. The molecule has 148 valence electrons. The van der Waals surface area contributed by atoms with E-state index in [1.165, 1.54) is 36.0 Å². The fourth-order valence-electron chi connectivity index (χ4n) is 2.46. The van der Waals surface area contributed by atoms with Crippen LogP contribution < -0.4 is 9.41 Å². The van der Waals surface area contributed by atoms with Crippen LogP contribution in [0.2, 0.25) is 5.02 Å². The molecule has 1 amide bonds. The molecule has 0 fully saturated rings. The second-order valence-electron chi connectivity index (χ2n) is 7.01. The van der Waals surface area contributed by atoms with Crippen LogP contribution in [0, 0.1) is 0 Å². The van der Waals surface area contributed by atoms with E-state index in [1.54, 1.807) is 23.7 Å². The van der Waals surface area contributed by atoms with Crippen LogP contribution in [0.4, 0.5) is 0 Å². The Balaban J connectivity index is 2.13. The SMILES string of the molecule is COc1ccc(Cl)cc1C(=O)/N=c1\sn(C(C)(C)C)cc1C(O)c1nccs1. The van der Waals surface area contributed by atoms with E-state index >= 15 is 0 Å². The third-order valence-corrected chi connectivity index (χ3v) is 6.34. The number of hydrogen-bond acceptors (Lipinski definition) is 6. The molecule has 1 atom stereocenters. The fourth-order valence-corrected chi connectivity index (χ4v) is 4.29. The van der Waals surface area contributed by atoms with E-state index in [9.17, 15) is 9.90 Å². The van der Waals surface area contributed by atoms with Crippen molar-refractivity contribution in [1.82, 2.24) is 8.94 Å². The molecule has 0 aliphatic rings. The molecule has 9 heteroatoms. The number of aliphatic hydroxyl groups excluding tert-OH is 1. The molecule has 1 aromatic carbocycles. The van der Waals surface area contributed by atoms with Crippen LogP contribution in [0.25, 0.3) is 0 Å². The zero-order valence-corrected chi connectivity index (χ0v) is 18.2. The van der Waals surface area contributed by atoms with Crippen molar-refractivity contribution in [2.75, 3.05) is 7.11 Å². The minimum absolute atomic E-state index is 0.230. The van der Waals surface area contributed by atoms with Gasteiger partial charge < -0.3 is 9.84 Å². The maximum atomic E-state index is 12.9. The van der Waals surface area contributed by atoms with Crippen molar-refractivity contribution in [2.24, 2.45) is 4.99 Å². The maximum Gasteiger partial charge on any atom is 0.282 e. The van der Waals surface area contributed by atoms with E-state index in [0.717, 1.165) is 0 Å². The van der Waals surface area contributed by atoms with Crippen LogP contribution in [0.5, 0.6) is 5.75 Å². The standard InChI is InChI=1S/C19H20ClN3O3S2/c1-19(2,3)23-10-13(15(24)18-21-7-8-27-18)17(28-23)22-16(25)12-9-11(20)5-6-14(12)26-4/h5-10,15,24H,1-4H3/b22-17-. The molecule has 0 spiro atoms. The second-order valence-corrected chi connectivity index (χ2v) is 9.34. The molecule has 1 unspecified atom stereocenters. The molecular formula is C19H20ClN3O3S2. The van der Waals surface area contributed by atoms with Crippen molar-refractivity contribution in [1.29, 1.82) is 0 Å². The lowest BCUT2D eigenvalue weighted by Crippen LogP contribution is -2.18. The Bertz CT molecular complexity index is 1050. The summed E-state index contributed by atoms with van der Waals surface area (Å²) in [5.41, 5.74) is 0.566. The first-order chi connectivity index (χ1) is 13.2. The molecule has 28 heavy (non-hydrogen) atoms. The summed E-state index contributed by atoms with van der Waals surface area (Å²) in [7, 11) is 1.48. The first-order valence-corrected chi connectivity index (χ1v) is 10.5. The molecule has 6 nitrogen and oxygen atoms in total. The van der Waals surface area contributed by atoms with Gasteiger partial charge in [-0.3, -0.25) is 8.75 Å². The third-order valence-electron chi connectivity index (χ3n) is 3.92. The highest BCUT2D eigenvalue weighted by atomic mass is 35.5. The summed E-state index contributed by atoms with van der Waals surface area (Å²) >= 11 is 8.69. The van der Waals surface area contributed by atoms with Gasteiger partial charge in [0.2, 0.25) is 0 Å². The summed E-state index contributed by atoms with van der Waals surface area (Å²) in [6.07, 6.45) is 2.48. The molecule has 3 rings (SSSR count). The zero-order valence-electron chi connectivity index (χ0n) is 15.8. The van der Waals surface area contributed by atoms with E-state index in [-0.39, 0.29) is 11.1 Å². The van der Waals surface area contributed by atoms with Crippen molar-refractivity contribution in [3.63, 3.8) is 0 Å². The number of aliphatic hydroxyl groups is 1. The highest BCUT2D eigenvalue weighted by Gasteiger charge is 2.23. The fraction of sp³-hybridized carbons (Fsp3) is 0.316. The molecule has 2 heterocycles.